The van der Waals surface area contributed by atoms with Crippen molar-refractivity contribution in [3.8, 4) is 34.3 Å². The fraction of sp³-hybridized carbons (Fsp3) is 0.185. The molecule has 1 N–H and O–H groups in total. The maximum Gasteiger partial charge on any atom is 0.255 e. The molecular formula is C27H25NO7. The summed E-state index contributed by atoms with van der Waals surface area (Å²) in [6, 6.07) is 16.8. The van der Waals surface area contributed by atoms with E-state index >= 15 is 0 Å². The summed E-state index contributed by atoms with van der Waals surface area (Å²) in [7, 11) is 4.44. The van der Waals surface area contributed by atoms with Crippen molar-refractivity contribution in [2.45, 2.75) is 6.92 Å². The zero-order valence-corrected chi connectivity index (χ0v) is 19.8. The quantitative estimate of drug-likeness (QED) is 0.377. The normalized spacial score (nSPS) is 10.6. The lowest BCUT2D eigenvalue weighted by atomic mass is 10.1. The third-order valence-electron chi connectivity index (χ3n) is 5.36. The van der Waals surface area contributed by atoms with Crippen LogP contribution in [0.25, 0.3) is 22.3 Å². The molecule has 3 aromatic carbocycles. The van der Waals surface area contributed by atoms with E-state index in [-0.39, 0.29) is 5.43 Å². The van der Waals surface area contributed by atoms with Gasteiger partial charge in [-0.3, -0.25) is 9.59 Å². The van der Waals surface area contributed by atoms with Crippen LogP contribution in [0, 0.1) is 0 Å². The first-order chi connectivity index (χ1) is 17.0. The van der Waals surface area contributed by atoms with Crippen LogP contribution in [0.3, 0.4) is 0 Å². The second-order valence-electron chi connectivity index (χ2n) is 7.51. The van der Waals surface area contributed by atoms with Crippen LogP contribution in [0.15, 0.2) is 69.9 Å². The Bertz CT molecular complexity index is 1400. The number of hydrogen-bond donors (Lipinski definition) is 1. The van der Waals surface area contributed by atoms with E-state index in [1.165, 1.54) is 27.4 Å². The summed E-state index contributed by atoms with van der Waals surface area (Å²) >= 11 is 0. The molecule has 0 saturated heterocycles. The lowest BCUT2D eigenvalue weighted by molar-refractivity contribution is 0.102. The van der Waals surface area contributed by atoms with Gasteiger partial charge in [0.05, 0.1) is 33.3 Å². The van der Waals surface area contributed by atoms with Gasteiger partial charge in [0.2, 0.25) is 5.75 Å². The molecule has 0 spiro atoms. The topological polar surface area (TPSA) is 96.2 Å². The monoisotopic (exact) mass is 475 g/mol. The molecule has 8 nitrogen and oxygen atoms in total. The van der Waals surface area contributed by atoms with Crippen LogP contribution >= 0.6 is 0 Å². The van der Waals surface area contributed by atoms with Gasteiger partial charge in [0.25, 0.3) is 5.91 Å². The first-order valence-corrected chi connectivity index (χ1v) is 10.9. The van der Waals surface area contributed by atoms with Gasteiger partial charge in [-0.05, 0) is 61.5 Å². The molecule has 0 unspecified atom stereocenters. The maximum atomic E-state index is 12.9. The van der Waals surface area contributed by atoms with Gasteiger partial charge < -0.3 is 28.7 Å². The molecular weight excluding hydrogens is 450 g/mol. The van der Waals surface area contributed by atoms with E-state index in [4.69, 9.17) is 23.4 Å². The minimum Gasteiger partial charge on any atom is -0.494 e. The van der Waals surface area contributed by atoms with Crippen molar-refractivity contribution < 1.29 is 28.2 Å². The number of fused-ring (bicyclic) bond motifs is 1. The highest BCUT2D eigenvalue weighted by Gasteiger charge is 2.17. The van der Waals surface area contributed by atoms with E-state index in [1.54, 1.807) is 30.3 Å². The van der Waals surface area contributed by atoms with Gasteiger partial charge in [-0.1, -0.05) is 0 Å². The number of ether oxygens (including phenoxy) is 4. The van der Waals surface area contributed by atoms with Gasteiger partial charge >= 0.3 is 0 Å². The minimum absolute atomic E-state index is 0.223. The molecule has 0 bridgehead atoms. The summed E-state index contributed by atoms with van der Waals surface area (Å²) in [4.78, 5) is 25.8. The Morgan fingerprint density at radius 2 is 1.57 bits per heavy atom. The van der Waals surface area contributed by atoms with E-state index in [1.807, 2.05) is 31.2 Å². The van der Waals surface area contributed by atoms with Crippen molar-refractivity contribution in [1.82, 2.24) is 0 Å². The van der Waals surface area contributed by atoms with E-state index in [2.05, 4.69) is 5.32 Å². The highest BCUT2D eigenvalue weighted by atomic mass is 16.5. The van der Waals surface area contributed by atoms with Crippen molar-refractivity contribution in [1.29, 1.82) is 0 Å². The Kier molecular flexibility index (Phi) is 6.91. The van der Waals surface area contributed by atoms with Gasteiger partial charge in [0.15, 0.2) is 16.9 Å². The van der Waals surface area contributed by atoms with Crippen LogP contribution in [-0.2, 0) is 0 Å². The van der Waals surface area contributed by atoms with Crippen LogP contribution < -0.4 is 29.7 Å². The summed E-state index contributed by atoms with van der Waals surface area (Å²) in [6.45, 7) is 2.49. The third kappa shape index (κ3) is 4.91. The summed E-state index contributed by atoms with van der Waals surface area (Å²) in [5.41, 5.74) is 1.69. The number of carbonyl (C=O) groups is 1. The molecule has 180 valence electrons. The summed E-state index contributed by atoms with van der Waals surface area (Å²) in [6.07, 6.45) is 0. The first-order valence-electron chi connectivity index (χ1n) is 10.9. The smallest absolute Gasteiger partial charge is 0.255 e. The number of carbonyl (C=O) groups excluding carboxylic acids is 1. The Morgan fingerprint density at radius 1 is 0.886 bits per heavy atom. The van der Waals surface area contributed by atoms with Crippen molar-refractivity contribution in [3.05, 3.63) is 76.5 Å². The molecule has 35 heavy (non-hydrogen) atoms. The maximum absolute atomic E-state index is 12.9. The van der Waals surface area contributed by atoms with Crippen LogP contribution in [-0.4, -0.2) is 33.8 Å². The van der Waals surface area contributed by atoms with Gasteiger partial charge in [0.1, 0.15) is 17.1 Å². The van der Waals surface area contributed by atoms with E-state index in [0.717, 1.165) is 11.3 Å². The minimum atomic E-state index is -0.404. The highest BCUT2D eigenvalue weighted by molar-refractivity contribution is 6.05. The number of methoxy groups -OCH3 is 3. The van der Waals surface area contributed by atoms with Crippen molar-refractivity contribution in [2.75, 3.05) is 33.3 Å². The fourth-order valence-electron chi connectivity index (χ4n) is 3.67. The predicted molar refractivity (Wildman–Crippen MR) is 133 cm³/mol. The lowest BCUT2D eigenvalue weighted by Gasteiger charge is -2.14. The molecule has 1 amide bonds. The average molecular weight is 475 g/mol. The number of amides is 1. The van der Waals surface area contributed by atoms with Gasteiger partial charge in [-0.2, -0.15) is 0 Å². The number of benzene rings is 3. The molecule has 4 aromatic rings. The summed E-state index contributed by atoms with van der Waals surface area (Å²) in [5, 5.41) is 3.15. The van der Waals surface area contributed by atoms with E-state index in [9.17, 15) is 9.59 Å². The molecule has 0 saturated carbocycles. The molecule has 0 radical (unpaired) electrons. The fourth-order valence-corrected chi connectivity index (χ4v) is 3.67. The average Bonchev–Trinajstić information content (AvgIpc) is 2.88. The summed E-state index contributed by atoms with van der Waals surface area (Å²) < 4.78 is 27.3. The molecule has 4 rings (SSSR count). The molecule has 0 fully saturated rings. The lowest BCUT2D eigenvalue weighted by Crippen LogP contribution is -2.13. The van der Waals surface area contributed by atoms with E-state index in [0.29, 0.717) is 51.8 Å². The SMILES string of the molecule is CCOc1ccc(-c2cc(=O)c3cc(NC(=O)c4cc(OC)c(OC)c(OC)c4)ccc3o2)cc1. The number of nitrogens with one attached hydrogen (secondary N) is 1. The van der Waals surface area contributed by atoms with Gasteiger partial charge in [-0.15, -0.1) is 0 Å². The highest BCUT2D eigenvalue weighted by Crippen LogP contribution is 2.38. The standard InChI is InChI=1S/C27H25NO7/c1-5-34-19-9-6-16(7-10-19)23-15-21(29)20-14-18(8-11-22(20)35-23)28-27(30)17-12-24(31-2)26(33-4)25(13-17)32-3/h6-15H,5H2,1-4H3,(H,28,30). The Balaban J connectivity index is 1.62. The van der Waals surface area contributed by atoms with Crippen molar-refractivity contribution >= 4 is 22.6 Å². The van der Waals surface area contributed by atoms with Crippen molar-refractivity contribution in [3.63, 3.8) is 0 Å². The Labute approximate surface area is 202 Å². The molecule has 0 aliphatic rings. The third-order valence-corrected chi connectivity index (χ3v) is 5.36. The molecule has 0 aliphatic carbocycles. The first kappa shape index (κ1) is 23.7. The number of anilines is 1. The zero-order chi connectivity index (χ0) is 24.9. The summed E-state index contributed by atoms with van der Waals surface area (Å²) in [5.74, 6) is 1.89. The molecule has 1 aromatic heterocycles. The molecule has 0 atom stereocenters. The zero-order valence-electron chi connectivity index (χ0n) is 19.8. The molecule has 8 heteroatoms. The van der Waals surface area contributed by atoms with Crippen molar-refractivity contribution in [2.24, 2.45) is 0 Å². The van der Waals surface area contributed by atoms with Crippen LogP contribution in [0.5, 0.6) is 23.0 Å². The second-order valence-corrected chi connectivity index (χ2v) is 7.51. The van der Waals surface area contributed by atoms with E-state index < -0.39 is 5.91 Å². The van der Waals surface area contributed by atoms with Gasteiger partial charge in [0, 0.05) is 22.9 Å². The van der Waals surface area contributed by atoms with Crippen LogP contribution in [0.4, 0.5) is 5.69 Å². The second kappa shape index (κ2) is 10.2. The largest absolute Gasteiger partial charge is 0.494 e. The number of hydrogen-bond acceptors (Lipinski definition) is 7. The van der Waals surface area contributed by atoms with Crippen LogP contribution in [0.1, 0.15) is 17.3 Å². The molecule has 1 heterocycles. The Hall–Kier alpha value is -4.46. The van der Waals surface area contributed by atoms with Gasteiger partial charge in [-0.25, -0.2) is 0 Å². The Morgan fingerprint density at radius 3 is 2.17 bits per heavy atom. The molecule has 0 aliphatic heterocycles. The van der Waals surface area contributed by atoms with Crippen LogP contribution in [0.2, 0.25) is 0 Å². The predicted octanol–water partition coefficient (Wildman–Crippen LogP) is 5.14. The number of rotatable bonds is 8.